The Bertz CT molecular complexity index is 1700. The predicted molar refractivity (Wildman–Crippen MR) is 246 cm³/mol. The summed E-state index contributed by atoms with van der Waals surface area (Å²) in [6, 6.07) is 0. The molecule has 8 nitrogen and oxygen atoms in total. The molecule has 3 unspecified atom stereocenters. The van der Waals surface area contributed by atoms with Crippen LogP contribution in [0, 0.1) is 110 Å². The van der Waals surface area contributed by atoms with Crippen molar-refractivity contribution in [3.63, 3.8) is 0 Å². The monoisotopic (exact) mass is 1620 g/mol. The van der Waals surface area contributed by atoms with E-state index in [2.05, 4.69) is 85.2 Å². The minimum atomic E-state index is -0.413. The van der Waals surface area contributed by atoms with Crippen LogP contribution < -0.4 is 0 Å². The van der Waals surface area contributed by atoms with Gasteiger partial charge in [-0.25, -0.2) is 0 Å². The summed E-state index contributed by atoms with van der Waals surface area (Å²) >= 11 is 0. The Morgan fingerprint density at radius 3 is 1.22 bits per heavy atom. The van der Waals surface area contributed by atoms with E-state index in [4.69, 9.17) is 18.9 Å². The summed E-state index contributed by atoms with van der Waals surface area (Å²) in [5.74, 6) is 5.95. The molecule has 0 aromatic carbocycles. The molecule has 68 heavy (non-hydrogen) atoms. The number of ether oxygens (including phenoxy) is 4. The van der Waals surface area contributed by atoms with Crippen LogP contribution in [-0.2, 0) is 122 Å². The van der Waals surface area contributed by atoms with Crippen LogP contribution in [0.4, 0.5) is 0 Å². The first-order valence-electron chi connectivity index (χ1n) is 25.1. The molecule has 0 aromatic heterocycles. The first-order chi connectivity index (χ1) is 30.3. The molecule has 380 valence electrons. The van der Waals surface area contributed by atoms with E-state index in [1.807, 2.05) is 0 Å². The third-order valence-electron chi connectivity index (χ3n) is 20.4. The Morgan fingerprint density at radius 1 is 0.456 bits per heavy atom. The van der Waals surface area contributed by atoms with E-state index >= 15 is 0 Å². The Morgan fingerprint density at radius 2 is 0.838 bits per heavy atom. The summed E-state index contributed by atoms with van der Waals surface area (Å²) < 4.78 is 20.9. The molecule has 13 rings (SSSR count). The van der Waals surface area contributed by atoms with Crippen molar-refractivity contribution in [1.82, 2.24) is 0 Å². The van der Waals surface area contributed by atoms with Crippen molar-refractivity contribution in [2.75, 3.05) is 26.4 Å². The number of hydrogen-bond acceptors (Lipinski definition) is 8. The van der Waals surface area contributed by atoms with Gasteiger partial charge < -0.3 is 43.3 Å². The SMILES string of the molecule is C=[C-]C(=O)OCC1(C)C2CC3CC(C2)CC1C3.C=[C-]C(=O)OCC12CC3CC(CC(C3)C1)C2.C=[C-]C(=O)OCC12CCC(C)(CC1)CC2.C=[C-]C(=O)OCC1CC2CCC1(C)C2(C)C.[W].[W].[W].[W]. The van der Waals surface area contributed by atoms with Gasteiger partial charge in [0, 0.05) is 101 Å². The van der Waals surface area contributed by atoms with Crippen molar-refractivity contribution >= 4 is 23.9 Å². The van der Waals surface area contributed by atoms with Crippen LogP contribution in [0.2, 0.25) is 0 Å². The number of esters is 4. The van der Waals surface area contributed by atoms with Crippen LogP contribution in [0.5, 0.6) is 0 Å². The second kappa shape index (κ2) is 25.2. The van der Waals surface area contributed by atoms with E-state index in [1.54, 1.807) is 0 Å². The maximum atomic E-state index is 11.2. The smallest absolute Gasteiger partial charge is 0.147 e. The Hall–Kier alpha value is -0.407. The number of hydrogen-bond donors (Lipinski definition) is 0. The van der Waals surface area contributed by atoms with Gasteiger partial charge in [-0.2, -0.15) is 0 Å². The molecule has 13 aliphatic rings. The van der Waals surface area contributed by atoms with E-state index in [1.165, 1.54) is 128 Å². The second-order valence-corrected chi connectivity index (χ2v) is 24.4. The number of carbonyl (C=O) groups excluding carboxylic acids is 4. The van der Waals surface area contributed by atoms with Gasteiger partial charge >= 0.3 is 0 Å². The first kappa shape index (κ1) is 61.9. The fraction of sp³-hybridized carbons (Fsp3) is 0.786. The average molecular weight is 1620 g/mol. The second-order valence-electron chi connectivity index (χ2n) is 24.4. The molecule has 0 radical (unpaired) electrons. The number of carbonyl (C=O) groups is 4. The Labute approximate surface area is 468 Å². The van der Waals surface area contributed by atoms with Gasteiger partial charge in [0.05, 0.1) is 26.4 Å². The molecular formula is C56H80O8W4-4. The molecule has 0 heterocycles. The summed E-state index contributed by atoms with van der Waals surface area (Å²) in [5.41, 5.74) is 2.13. The van der Waals surface area contributed by atoms with Gasteiger partial charge in [-0.3, -0.25) is 45.5 Å². The first-order valence-corrected chi connectivity index (χ1v) is 25.1. The molecule has 13 fully saturated rings. The van der Waals surface area contributed by atoms with Crippen molar-refractivity contribution in [2.45, 2.75) is 163 Å². The van der Waals surface area contributed by atoms with Crippen molar-refractivity contribution in [2.24, 2.45) is 85.8 Å². The molecule has 0 aromatic rings. The normalized spacial score (nSPS) is 40.0. The third kappa shape index (κ3) is 13.7. The molecule has 13 saturated carbocycles. The standard InChI is InChI=1S/C15H21O2.C14H19O2.C14H21O2.C13H19O2.4W/c1-3-14(16)17-9-15(2)12-5-10-4-11(7-12)8-13(15)6-10;1-2-13(15)16-9-14-6-10-3-11(7-14)5-12(4-10)8-14;1-5-12(15)16-9-11-8-10-6-7-14(11,4)13(10,2)3;1-3-11(14)15-10-13-7-4-12(2,5-8-13)6-9-13;;;;/h10-13H,1,4-9H2,2H3;10-12H,1,3-9H2;10-11H,1,6-9H2,2-4H3;1,4-10H2,2H3;;;;/q4*-1;;;;. The van der Waals surface area contributed by atoms with Gasteiger partial charge in [-0.15, -0.1) is 0 Å². The molecule has 13 aliphatic carbocycles. The number of rotatable bonds is 12. The Kier molecular flexibility index (Phi) is 23.0. The van der Waals surface area contributed by atoms with Crippen molar-refractivity contribution in [3.8, 4) is 0 Å². The van der Waals surface area contributed by atoms with E-state index in [-0.39, 0.29) is 107 Å². The fourth-order valence-electron chi connectivity index (χ4n) is 16.3. The summed E-state index contributed by atoms with van der Waals surface area (Å²) in [5, 5.41) is 0. The minimum Gasteiger partial charge on any atom is -0.490 e. The van der Waals surface area contributed by atoms with Crippen molar-refractivity contribution < 1.29 is 122 Å². The van der Waals surface area contributed by atoms with E-state index in [9.17, 15) is 19.2 Å². The molecule has 0 amide bonds. The molecule has 0 saturated heterocycles. The van der Waals surface area contributed by atoms with Crippen LogP contribution in [0.1, 0.15) is 163 Å². The quantitative estimate of drug-likeness (QED) is 0.0824. The fourth-order valence-corrected chi connectivity index (χ4v) is 16.3. The topological polar surface area (TPSA) is 105 Å². The predicted octanol–water partition coefficient (Wildman–Crippen LogP) is 11.6. The van der Waals surface area contributed by atoms with Crippen molar-refractivity contribution in [3.05, 3.63) is 50.6 Å². The maximum absolute atomic E-state index is 11.2. The van der Waals surface area contributed by atoms with Gasteiger partial charge in [0.1, 0.15) is 23.9 Å². The van der Waals surface area contributed by atoms with Gasteiger partial charge in [0.25, 0.3) is 0 Å². The van der Waals surface area contributed by atoms with Gasteiger partial charge in [-0.1, -0.05) is 34.6 Å². The summed E-state index contributed by atoms with van der Waals surface area (Å²) in [7, 11) is 0. The summed E-state index contributed by atoms with van der Waals surface area (Å²) in [6.45, 7) is 27.4. The van der Waals surface area contributed by atoms with Gasteiger partial charge in [-0.05, 0) is 198 Å². The maximum Gasteiger partial charge on any atom is 0.147 e. The zero-order chi connectivity index (χ0) is 46.1. The van der Waals surface area contributed by atoms with Crippen LogP contribution in [0.25, 0.3) is 0 Å². The number of fused-ring (bicyclic) bond motifs is 5. The van der Waals surface area contributed by atoms with Crippen LogP contribution in [-0.4, -0.2) is 50.3 Å². The van der Waals surface area contributed by atoms with E-state index in [0.29, 0.717) is 54.0 Å². The van der Waals surface area contributed by atoms with Crippen LogP contribution >= 0.6 is 0 Å². The van der Waals surface area contributed by atoms with Crippen LogP contribution in [0.15, 0.2) is 26.3 Å². The molecule has 0 spiro atoms. The molecule has 3 atom stereocenters. The zero-order valence-electron chi connectivity index (χ0n) is 41.9. The summed E-state index contributed by atoms with van der Waals surface area (Å²) in [6.07, 6.45) is 35.5. The third-order valence-corrected chi connectivity index (χ3v) is 20.4. The van der Waals surface area contributed by atoms with E-state index < -0.39 is 11.9 Å². The van der Waals surface area contributed by atoms with Gasteiger partial charge in [0.2, 0.25) is 0 Å². The average Bonchev–Trinajstić information content (AvgIpc) is 3.62. The molecule has 0 aliphatic heterocycles. The largest absolute Gasteiger partial charge is 0.490 e. The molecule has 0 N–H and O–H groups in total. The van der Waals surface area contributed by atoms with E-state index in [0.717, 1.165) is 47.3 Å². The zero-order valence-corrected chi connectivity index (χ0v) is 53.6. The molecular weight excluding hydrogens is 1540 g/mol. The molecule has 12 bridgehead atoms. The van der Waals surface area contributed by atoms with Crippen molar-refractivity contribution in [1.29, 1.82) is 0 Å². The Balaban J connectivity index is 0.000000236. The minimum absolute atomic E-state index is 0. The molecule has 12 heteroatoms. The summed E-state index contributed by atoms with van der Waals surface area (Å²) in [4.78, 5) is 44.3. The van der Waals surface area contributed by atoms with Crippen LogP contribution in [0.3, 0.4) is 0 Å². The van der Waals surface area contributed by atoms with Gasteiger partial charge in [0.15, 0.2) is 0 Å².